The zero-order valence-electron chi connectivity index (χ0n) is 37.9. The van der Waals surface area contributed by atoms with Crippen LogP contribution < -0.4 is 0 Å². The molecule has 322 valence electrons. The molecule has 0 heterocycles. The quantitative estimate of drug-likeness (QED) is 0.164. The molecule has 0 bridgehead atoms. The standard InChI is InChI=1S/C52H92N2O2/c1-7-9-31-55-49-33-47(53(39-19-11-35(3)12-20-39)40-21-13-36(4)14-22-40)43-28-30-46-50(56-32-10-8-2)34-48(44-27-29-45(49)51(43)52(44)46)54(41-23-15-37(5)16-24-41)42-25-17-38(6)18-26-42/h35-52H,7-34H2,1-6H3. The van der Waals surface area contributed by atoms with Gasteiger partial charge in [-0.15, -0.1) is 0 Å². The molecule has 8 rings (SSSR count). The number of hydrogen-bond donors (Lipinski definition) is 0. The van der Waals surface area contributed by atoms with Crippen LogP contribution in [0.3, 0.4) is 0 Å². The highest BCUT2D eigenvalue weighted by molar-refractivity contribution is 5.13. The van der Waals surface area contributed by atoms with E-state index < -0.39 is 0 Å². The predicted molar refractivity (Wildman–Crippen MR) is 235 cm³/mol. The van der Waals surface area contributed by atoms with E-state index in [1.807, 2.05) is 0 Å². The Morgan fingerprint density at radius 2 is 0.661 bits per heavy atom. The van der Waals surface area contributed by atoms with Gasteiger partial charge in [0.15, 0.2) is 0 Å². The van der Waals surface area contributed by atoms with Crippen LogP contribution in [0.5, 0.6) is 0 Å². The summed E-state index contributed by atoms with van der Waals surface area (Å²) in [4.78, 5) is 6.68. The Hall–Kier alpha value is -0.160. The fourth-order valence-electron chi connectivity index (χ4n) is 15.9. The second-order valence-electron chi connectivity index (χ2n) is 22.6. The summed E-state index contributed by atoms with van der Waals surface area (Å²) in [6.45, 7) is 16.9. The Bertz CT molecular complexity index is 1030. The van der Waals surface area contributed by atoms with Crippen molar-refractivity contribution in [2.24, 2.45) is 59.2 Å². The summed E-state index contributed by atoms with van der Waals surface area (Å²) in [7, 11) is 0. The van der Waals surface area contributed by atoms with Gasteiger partial charge < -0.3 is 9.47 Å². The van der Waals surface area contributed by atoms with Gasteiger partial charge >= 0.3 is 0 Å². The summed E-state index contributed by atoms with van der Waals surface area (Å²) < 4.78 is 14.6. The molecule has 10 atom stereocenters. The number of nitrogens with zero attached hydrogens (tertiary/aromatic N) is 2. The molecular formula is C52H92N2O2. The molecule has 0 aromatic heterocycles. The first-order valence-electron chi connectivity index (χ1n) is 26.1. The van der Waals surface area contributed by atoms with Gasteiger partial charge in [0.05, 0.1) is 12.2 Å². The molecule has 0 amide bonds. The zero-order valence-corrected chi connectivity index (χ0v) is 37.9. The smallest absolute Gasteiger partial charge is 0.0621 e. The Morgan fingerprint density at radius 3 is 0.946 bits per heavy atom. The van der Waals surface area contributed by atoms with Gasteiger partial charge in [-0.1, -0.05) is 54.4 Å². The molecule has 0 aromatic rings. The van der Waals surface area contributed by atoms with Crippen LogP contribution in [-0.4, -0.2) is 71.5 Å². The Kier molecular flexibility index (Phi) is 15.0. The Balaban J connectivity index is 1.16. The molecule has 0 spiro atoms. The van der Waals surface area contributed by atoms with Crippen molar-refractivity contribution in [2.75, 3.05) is 13.2 Å². The van der Waals surface area contributed by atoms with Gasteiger partial charge in [-0.3, -0.25) is 9.80 Å². The van der Waals surface area contributed by atoms with Crippen LogP contribution in [0.25, 0.3) is 0 Å². The molecule has 0 saturated heterocycles. The third-order valence-corrected chi connectivity index (χ3v) is 19.0. The van der Waals surface area contributed by atoms with Crippen LogP contribution in [0, 0.1) is 59.2 Å². The van der Waals surface area contributed by atoms with E-state index >= 15 is 0 Å². The average molecular weight is 777 g/mol. The average Bonchev–Trinajstić information content (AvgIpc) is 3.21. The Labute approximate surface area is 347 Å². The van der Waals surface area contributed by atoms with Crippen molar-refractivity contribution in [2.45, 2.75) is 257 Å². The summed E-state index contributed by atoms with van der Waals surface area (Å²) in [5.41, 5.74) is 0. The lowest BCUT2D eigenvalue weighted by molar-refractivity contribution is -0.212. The van der Waals surface area contributed by atoms with Crippen LogP contribution in [0.2, 0.25) is 0 Å². The van der Waals surface area contributed by atoms with E-state index in [0.717, 1.165) is 109 Å². The molecule has 0 radical (unpaired) electrons. The minimum atomic E-state index is 0.468. The minimum Gasteiger partial charge on any atom is -0.378 e. The summed E-state index contributed by atoms with van der Waals surface area (Å²) in [5, 5.41) is 0. The minimum absolute atomic E-state index is 0.468. The van der Waals surface area contributed by atoms with Gasteiger partial charge in [-0.05, 0) is 213 Å². The fraction of sp³-hybridized carbons (Fsp3) is 1.00. The number of hydrogen-bond acceptors (Lipinski definition) is 4. The van der Waals surface area contributed by atoms with Crippen LogP contribution in [-0.2, 0) is 9.47 Å². The third-order valence-electron chi connectivity index (χ3n) is 19.0. The molecule has 4 heteroatoms. The second-order valence-corrected chi connectivity index (χ2v) is 22.6. The van der Waals surface area contributed by atoms with E-state index in [4.69, 9.17) is 9.47 Å². The van der Waals surface area contributed by atoms with Gasteiger partial charge in [0.2, 0.25) is 0 Å². The van der Waals surface area contributed by atoms with E-state index in [-0.39, 0.29) is 0 Å². The predicted octanol–water partition coefficient (Wildman–Crippen LogP) is 13.1. The van der Waals surface area contributed by atoms with Crippen molar-refractivity contribution in [1.29, 1.82) is 0 Å². The van der Waals surface area contributed by atoms with Crippen molar-refractivity contribution < 1.29 is 9.47 Å². The Morgan fingerprint density at radius 1 is 0.375 bits per heavy atom. The van der Waals surface area contributed by atoms with Crippen LogP contribution in [0.1, 0.15) is 208 Å². The highest BCUT2D eigenvalue weighted by Crippen LogP contribution is 2.63. The lowest BCUT2D eigenvalue weighted by atomic mass is 9.45. The summed E-state index contributed by atoms with van der Waals surface area (Å²) in [6.07, 6.45) is 37.6. The molecule has 56 heavy (non-hydrogen) atoms. The lowest BCUT2D eigenvalue weighted by Crippen LogP contribution is -2.68. The van der Waals surface area contributed by atoms with E-state index in [2.05, 4.69) is 51.3 Å². The van der Waals surface area contributed by atoms with E-state index in [1.165, 1.54) is 167 Å². The highest BCUT2D eigenvalue weighted by Gasteiger charge is 2.62. The second kappa shape index (κ2) is 19.7. The first-order chi connectivity index (χ1) is 27.3. The fourth-order valence-corrected chi connectivity index (χ4v) is 15.9. The molecule has 8 aliphatic carbocycles. The number of rotatable bonds is 14. The molecule has 8 fully saturated rings. The molecular weight excluding hydrogens is 685 g/mol. The topological polar surface area (TPSA) is 24.9 Å². The van der Waals surface area contributed by atoms with Crippen LogP contribution in [0.4, 0.5) is 0 Å². The molecule has 4 nitrogen and oxygen atoms in total. The normalized spacial score (nSPS) is 47.1. The maximum atomic E-state index is 7.29. The summed E-state index contributed by atoms with van der Waals surface area (Å²) in [5.74, 6) is 8.62. The largest absolute Gasteiger partial charge is 0.378 e. The van der Waals surface area contributed by atoms with Crippen LogP contribution >= 0.6 is 0 Å². The van der Waals surface area contributed by atoms with E-state index in [0.29, 0.717) is 12.2 Å². The molecule has 0 aliphatic heterocycles. The molecule has 8 aliphatic rings. The van der Waals surface area contributed by atoms with Gasteiger partial charge in [0, 0.05) is 49.5 Å². The van der Waals surface area contributed by atoms with Crippen molar-refractivity contribution in [1.82, 2.24) is 9.80 Å². The highest BCUT2D eigenvalue weighted by atomic mass is 16.5. The molecule has 10 unspecified atom stereocenters. The van der Waals surface area contributed by atoms with Crippen LogP contribution in [0.15, 0.2) is 0 Å². The third kappa shape index (κ3) is 9.20. The monoisotopic (exact) mass is 777 g/mol. The summed E-state index contributed by atoms with van der Waals surface area (Å²) in [6, 6.07) is 4.69. The van der Waals surface area contributed by atoms with Crippen molar-refractivity contribution in [3.05, 3.63) is 0 Å². The maximum Gasteiger partial charge on any atom is 0.0621 e. The molecule has 0 aromatic carbocycles. The molecule has 0 N–H and O–H groups in total. The van der Waals surface area contributed by atoms with Crippen molar-refractivity contribution >= 4 is 0 Å². The molecule has 8 saturated carbocycles. The summed E-state index contributed by atoms with van der Waals surface area (Å²) >= 11 is 0. The van der Waals surface area contributed by atoms with Crippen molar-refractivity contribution in [3.8, 4) is 0 Å². The van der Waals surface area contributed by atoms with Gasteiger partial charge in [-0.2, -0.15) is 0 Å². The van der Waals surface area contributed by atoms with E-state index in [9.17, 15) is 0 Å². The van der Waals surface area contributed by atoms with Gasteiger partial charge in [0.25, 0.3) is 0 Å². The number of ether oxygens (including phenoxy) is 2. The zero-order chi connectivity index (χ0) is 38.8. The number of unbranched alkanes of at least 4 members (excludes halogenated alkanes) is 2. The lowest BCUT2D eigenvalue weighted by Gasteiger charge is -2.66. The van der Waals surface area contributed by atoms with Crippen molar-refractivity contribution in [3.63, 3.8) is 0 Å². The first kappa shape index (κ1) is 42.5. The first-order valence-corrected chi connectivity index (χ1v) is 26.1. The van der Waals surface area contributed by atoms with Gasteiger partial charge in [-0.25, -0.2) is 0 Å². The SMILES string of the molecule is CCCCOC1CC(N(C2CCC(C)CC2)C2CCC(C)CC2)C2CCC3C(OCCCC)CC(N(C4CCC(C)CC4)C4CCC(C)CC4)C4CCC1C2C34. The maximum absolute atomic E-state index is 7.29. The van der Waals surface area contributed by atoms with Gasteiger partial charge in [0.1, 0.15) is 0 Å². The van der Waals surface area contributed by atoms with E-state index in [1.54, 1.807) is 0 Å².